The fraction of sp³-hybridized carbons (Fsp3) is 0.417. The van der Waals surface area contributed by atoms with Crippen molar-refractivity contribution in [2.24, 2.45) is 5.41 Å². The summed E-state index contributed by atoms with van der Waals surface area (Å²) in [5.74, 6) is 1.19. The second-order valence-corrected chi connectivity index (χ2v) is 5.77. The van der Waals surface area contributed by atoms with E-state index in [9.17, 15) is 0 Å². The Morgan fingerprint density at radius 2 is 2.00 bits per heavy atom. The molecule has 0 aliphatic carbocycles. The summed E-state index contributed by atoms with van der Waals surface area (Å²) >= 11 is 1.61. The Kier molecular flexibility index (Phi) is 2.54. The highest BCUT2D eigenvalue weighted by molar-refractivity contribution is 7.13. The number of rotatable bonds is 1. The van der Waals surface area contributed by atoms with Crippen molar-refractivity contribution in [1.82, 2.24) is 9.69 Å². The van der Waals surface area contributed by atoms with Crippen molar-refractivity contribution in [3.8, 4) is 0 Å². The van der Waals surface area contributed by atoms with Crippen LogP contribution in [0.3, 0.4) is 0 Å². The van der Waals surface area contributed by atoms with Gasteiger partial charge in [-0.3, -0.25) is 0 Å². The first-order valence-electron chi connectivity index (χ1n) is 5.67. The number of aromatic nitrogens is 1. The monoisotopic (exact) mass is 267 g/mol. The Morgan fingerprint density at radius 3 is 2.71 bits per heavy atom. The van der Waals surface area contributed by atoms with E-state index >= 15 is 0 Å². The Bertz CT molecular complexity index is 541. The van der Waals surface area contributed by atoms with E-state index in [-0.39, 0.29) is 12.4 Å². The van der Waals surface area contributed by atoms with Crippen LogP contribution in [-0.2, 0) is 0 Å². The van der Waals surface area contributed by atoms with E-state index < -0.39 is 0 Å². The van der Waals surface area contributed by atoms with Crippen LogP contribution in [0.5, 0.6) is 0 Å². The van der Waals surface area contributed by atoms with Crippen molar-refractivity contribution >= 4 is 39.8 Å². The standard InChI is InChI=1S/C12H13N3S.ClH/c1-2-4-10-9(3-1)11(14-16-10)15-7-12(8-15)5-13-6-12;/h1-4,13H,5-8H2;1H. The number of hydrogen-bond donors (Lipinski definition) is 1. The first-order valence-corrected chi connectivity index (χ1v) is 6.44. The Balaban J connectivity index is 0.000000902. The predicted octanol–water partition coefficient (Wildman–Crippen LogP) is 2.13. The molecule has 90 valence electrons. The van der Waals surface area contributed by atoms with Crippen LogP contribution in [-0.4, -0.2) is 30.6 Å². The maximum Gasteiger partial charge on any atom is 0.150 e. The Hall–Kier alpha value is -0.840. The Morgan fingerprint density at radius 1 is 1.24 bits per heavy atom. The number of fused-ring (bicyclic) bond motifs is 1. The molecule has 1 spiro atoms. The van der Waals surface area contributed by atoms with Gasteiger partial charge >= 0.3 is 0 Å². The van der Waals surface area contributed by atoms with Gasteiger partial charge in [-0.05, 0) is 23.7 Å². The molecule has 3 nitrogen and oxygen atoms in total. The van der Waals surface area contributed by atoms with E-state index in [1.807, 2.05) is 0 Å². The van der Waals surface area contributed by atoms with Gasteiger partial charge in [0.2, 0.25) is 0 Å². The minimum Gasteiger partial charge on any atom is -0.354 e. The second kappa shape index (κ2) is 3.83. The SMILES string of the molecule is Cl.c1ccc2c(N3CC4(CNC4)C3)nsc2c1. The van der Waals surface area contributed by atoms with E-state index in [1.54, 1.807) is 11.5 Å². The third kappa shape index (κ3) is 1.55. The van der Waals surface area contributed by atoms with Gasteiger partial charge in [0, 0.05) is 37.0 Å². The molecule has 1 aromatic carbocycles. The highest BCUT2D eigenvalue weighted by atomic mass is 35.5. The molecule has 2 saturated heterocycles. The highest BCUT2D eigenvalue weighted by Gasteiger charge is 2.48. The van der Waals surface area contributed by atoms with E-state index in [0.29, 0.717) is 5.41 Å². The zero-order chi connectivity index (χ0) is 10.6. The molecule has 1 aromatic heterocycles. The van der Waals surface area contributed by atoms with Crippen LogP contribution < -0.4 is 10.2 Å². The zero-order valence-electron chi connectivity index (χ0n) is 9.35. The van der Waals surface area contributed by atoms with Gasteiger partial charge in [-0.2, -0.15) is 4.37 Å². The largest absolute Gasteiger partial charge is 0.354 e. The molecule has 2 aromatic rings. The van der Waals surface area contributed by atoms with Crippen molar-refractivity contribution < 1.29 is 0 Å². The smallest absolute Gasteiger partial charge is 0.150 e. The Labute approximate surface area is 110 Å². The number of nitrogens with one attached hydrogen (secondary N) is 1. The van der Waals surface area contributed by atoms with Gasteiger partial charge in [-0.25, -0.2) is 0 Å². The lowest BCUT2D eigenvalue weighted by Crippen LogP contribution is -2.71. The van der Waals surface area contributed by atoms with Crippen LogP contribution in [0.2, 0.25) is 0 Å². The average molecular weight is 268 g/mol. The zero-order valence-corrected chi connectivity index (χ0v) is 11.0. The van der Waals surface area contributed by atoms with Crippen LogP contribution in [0.1, 0.15) is 0 Å². The first kappa shape index (κ1) is 11.3. The molecular weight excluding hydrogens is 254 g/mol. The van der Waals surface area contributed by atoms with Crippen LogP contribution in [0.4, 0.5) is 5.82 Å². The van der Waals surface area contributed by atoms with Crippen molar-refractivity contribution in [2.75, 3.05) is 31.1 Å². The summed E-state index contributed by atoms with van der Waals surface area (Å²) in [6.07, 6.45) is 0. The first-order chi connectivity index (χ1) is 7.86. The molecule has 17 heavy (non-hydrogen) atoms. The minimum absolute atomic E-state index is 0. The quantitative estimate of drug-likeness (QED) is 0.858. The maximum atomic E-state index is 4.59. The maximum absolute atomic E-state index is 4.59. The average Bonchev–Trinajstić information content (AvgIpc) is 2.58. The van der Waals surface area contributed by atoms with Gasteiger partial charge in [0.15, 0.2) is 0 Å². The molecule has 0 amide bonds. The van der Waals surface area contributed by atoms with E-state index in [0.717, 1.165) is 0 Å². The molecule has 5 heteroatoms. The lowest BCUT2D eigenvalue weighted by atomic mass is 9.74. The molecule has 2 fully saturated rings. The fourth-order valence-corrected chi connectivity index (χ4v) is 3.51. The molecule has 1 N–H and O–H groups in total. The topological polar surface area (TPSA) is 28.2 Å². The molecule has 0 radical (unpaired) electrons. The number of nitrogens with zero attached hydrogens (tertiary/aromatic N) is 2. The van der Waals surface area contributed by atoms with Gasteiger partial charge < -0.3 is 10.2 Å². The second-order valence-electron chi connectivity index (χ2n) is 4.96. The molecule has 0 saturated carbocycles. The molecule has 4 rings (SSSR count). The third-order valence-electron chi connectivity index (χ3n) is 3.71. The number of anilines is 1. The van der Waals surface area contributed by atoms with E-state index in [1.165, 1.54) is 42.1 Å². The summed E-state index contributed by atoms with van der Waals surface area (Å²) in [6.45, 7) is 4.72. The molecule has 3 heterocycles. The van der Waals surface area contributed by atoms with Crippen molar-refractivity contribution in [2.45, 2.75) is 0 Å². The van der Waals surface area contributed by atoms with E-state index in [2.05, 4.69) is 38.9 Å². The van der Waals surface area contributed by atoms with Crippen LogP contribution in [0, 0.1) is 5.41 Å². The predicted molar refractivity (Wildman–Crippen MR) is 74.4 cm³/mol. The van der Waals surface area contributed by atoms with Gasteiger partial charge in [0.25, 0.3) is 0 Å². The van der Waals surface area contributed by atoms with Crippen molar-refractivity contribution in [1.29, 1.82) is 0 Å². The third-order valence-corrected chi connectivity index (χ3v) is 4.53. The van der Waals surface area contributed by atoms with Gasteiger partial charge in [-0.15, -0.1) is 12.4 Å². The molecule has 2 aliphatic heterocycles. The summed E-state index contributed by atoms with van der Waals surface area (Å²) in [5, 5.41) is 4.68. The molecule has 0 unspecified atom stereocenters. The summed E-state index contributed by atoms with van der Waals surface area (Å²) in [7, 11) is 0. The highest BCUT2D eigenvalue weighted by Crippen LogP contribution is 2.40. The number of benzene rings is 1. The fourth-order valence-electron chi connectivity index (χ4n) is 2.72. The number of halogens is 1. The molecule has 0 atom stereocenters. The summed E-state index contributed by atoms with van der Waals surface area (Å²) in [4.78, 5) is 2.42. The summed E-state index contributed by atoms with van der Waals surface area (Å²) in [5.41, 5.74) is 0.574. The van der Waals surface area contributed by atoms with Crippen LogP contribution in [0.15, 0.2) is 24.3 Å². The molecule has 2 aliphatic rings. The van der Waals surface area contributed by atoms with Crippen molar-refractivity contribution in [3.63, 3.8) is 0 Å². The van der Waals surface area contributed by atoms with Gasteiger partial charge in [0.05, 0.1) is 4.70 Å². The lowest BCUT2D eigenvalue weighted by Gasteiger charge is -2.56. The lowest BCUT2D eigenvalue weighted by molar-refractivity contribution is 0.121. The summed E-state index contributed by atoms with van der Waals surface area (Å²) in [6, 6.07) is 8.51. The van der Waals surface area contributed by atoms with E-state index in [4.69, 9.17) is 0 Å². The van der Waals surface area contributed by atoms with Gasteiger partial charge in [-0.1, -0.05) is 12.1 Å². The van der Waals surface area contributed by atoms with Crippen LogP contribution in [0.25, 0.3) is 10.1 Å². The summed E-state index contributed by atoms with van der Waals surface area (Å²) < 4.78 is 5.88. The van der Waals surface area contributed by atoms with Gasteiger partial charge in [0.1, 0.15) is 5.82 Å². The molecule has 0 bridgehead atoms. The van der Waals surface area contributed by atoms with Crippen molar-refractivity contribution in [3.05, 3.63) is 24.3 Å². The number of hydrogen-bond acceptors (Lipinski definition) is 4. The normalized spacial score (nSPS) is 20.8. The minimum atomic E-state index is 0. The van der Waals surface area contributed by atoms with Crippen LogP contribution >= 0.6 is 23.9 Å². The molecular formula is C12H14ClN3S.